The van der Waals surface area contributed by atoms with Gasteiger partial charge in [-0.1, -0.05) is 45.4 Å². The van der Waals surface area contributed by atoms with Crippen molar-refractivity contribution in [1.29, 1.82) is 0 Å². The van der Waals surface area contributed by atoms with Crippen molar-refractivity contribution in [3.8, 4) is 0 Å². The Bertz CT molecular complexity index is 446. The van der Waals surface area contributed by atoms with Gasteiger partial charge in [-0.2, -0.15) is 0 Å². The summed E-state index contributed by atoms with van der Waals surface area (Å²) < 4.78 is 0. The lowest BCUT2D eigenvalue weighted by Gasteiger charge is -2.04. The van der Waals surface area contributed by atoms with Gasteiger partial charge in [0.05, 0.1) is 4.92 Å². The summed E-state index contributed by atoms with van der Waals surface area (Å²) in [6, 6.07) is 2.77. The Labute approximate surface area is 125 Å². The van der Waals surface area contributed by atoms with Gasteiger partial charge in [0.1, 0.15) is 12.0 Å². The zero-order chi connectivity index (χ0) is 15.5. The Morgan fingerprint density at radius 3 is 2.43 bits per heavy atom. The van der Waals surface area contributed by atoms with Crippen LogP contribution in [-0.2, 0) is 4.79 Å². The highest BCUT2D eigenvalue weighted by molar-refractivity contribution is 5.89. The van der Waals surface area contributed by atoms with Crippen LogP contribution in [-0.4, -0.2) is 15.8 Å². The Balaban J connectivity index is 2.17. The topological polar surface area (TPSA) is 85.1 Å². The van der Waals surface area contributed by atoms with E-state index in [0.29, 0.717) is 12.2 Å². The SMILES string of the molecule is CCCCCCCCCC(=O)Nc1ccc([N+](=O)[O-])cn1. The first kappa shape index (κ1) is 17.1. The smallest absolute Gasteiger partial charge is 0.287 e. The zero-order valence-corrected chi connectivity index (χ0v) is 12.5. The molecule has 0 aliphatic heterocycles. The third-order valence-corrected chi connectivity index (χ3v) is 3.23. The fourth-order valence-corrected chi connectivity index (χ4v) is 2.02. The molecular weight excluding hydrogens is 270 g/mol. The normalized spacial score (nSPS) is 10.3. The number of hydrogen-bond acceptors (Lipinski definition) is 4. The molecule has 1 aromatic rings. The fraction of sp³-hybridized carbons (Fsp3) is 0.600. The van der Waals surface area contributed by atoms with E-state index in [1.807, 2.05) is 0 Å². The van der Waals surface area contributed by atoms with Gasteiger partial charge in [0.2, 0.25) is 5.91 Å². The van der Waals surface area contributed by atoms with E-state index in [4.69, 9.17) is 0 Å². The molecule has 21 heavy (non-hydrogen) atoms. The van der Waals surface area contributed by atoms with Crippen molar-refractivity contribution in [3.05, 3.63) is 28.4 Å². The van der Waals surface area contributed by atoms with E-state index in [0.717, 1.165) is 19.0 Å². The molecule has 0 unspecified atom stereocenters. The molecule has 6 heteroatoms. The summed E-state index contributed by atoms with van der Waals surface area (Å²) in [6.45, 7) is 2.19. The standard InChI is InChI=1S/C15H23N3O3/c1-2-3-4-5-6-7-8-9-15(19)17-14-11-10-13(12-16-14)18(20)21/h10-12H,2-9H2,1H3,(H,16,17,19). The molecule has 1 aromatic heterocycles. The van der Waals surface area contributed by atoms with Crippen LogP contribution in [0.2, 0.25) is 0 Å². The van der Waals surface area contributed by atoms with Crippen molar-refractivity contribution in [3.63, 3.8) is 0 Å². The summed E-state index contributed by atoms with van der Waals surface area (Å²) in [6.07, 6.45) is 9.74. The molecule has 116 valence electrons. The molecule has 1 rings (SSSR count). The number of nitrogens with zero attached hydrogens (tertiary/aromatic N) is 2. The number of unbranched alkanes of at least 4 members (excludes halogenated alkanes) is 6. The van der Waals surface area contributed by atoms with Crippen LogP contribution in [0, 0.1) is 10.1 Å². The van der Waals surface area contributed by atoms with Crippen LogP contribution in [0.3, 0.4) is 0 Å². The molecule has 0 aliphatic carbocycles. The van der Waals surface area contributed by atoms with E-state index in [9.17, 15) is 14.9 Å². The van der Waals surface area contributed by atoms with Crippen LogP contribution in [0.5, 0.6) is 0 Å². The third-order valence-electron chi connectivity index (χ3n) is 3.23. The molecule has 0 saturated carbocycles. The third kappa shape index (κ3) is 7.39. The van der Waals surface area contributed by atoms with E-state index >= 15 is 0 Å². The summed E-state index contributed by atoms with van der Waals surface area (Å²) >= 11 is 0. The Morgan fingerprint density at radius 1 is 1.19 bits per heavy atom. The molecule has 6 nitrogen and oxygen atoms in total. The van der Waals surface area contributed by atoms with Crippen LogP contribution in [0.1, 0.15) is 58.3 Å². The molecule has 1 amide bonds. The van der Waals surface area contributed by atoms with Gasteiger partial charge in [-0.3, -0.25) is 14.9 Å². The van der Waals surface area contributed by atoms with Crippen molar-refractivity contribution in [2.24, 2.45) is 0 Å². The van der Waals surface area contributed by atoms with Crippen LogP contribution in [0.15, 0.2) is 18.3 Å². The first-order valence-electron chi connectivity index (χ1n) is 7.53. The molecular formula is C15H23N3O3. The molecule has 0 fully saturated rings. The lowest BCUT2D eigenvalue weighted by atomic mass is 10.1. The highest BCUT2D eigenvalue weighted by Crippen LogP contribution is 2.13. The quantitative estimate of drug-likeness (QED) is 0.400. The number of aromatic nitrogens is 1. The lowest BCUT2D eigenvalue weighted by Crippen LogP contribution is -2.12. The van der Waals surface area contributed by atoms with Crippen LogP contribution < -0.4 is 5.32 Å². The molecule has 0 spiro atoms. The second kappa shape index (κ2) is 9.85. The predicted octanol–water partition coefficient (Wildman–Crippen LogP) is 4.07. The van der Waals surface area contributed by atoms with E-state index in [1.54, 1.807) is 0 Å². The van der Waals surface area contributed by atoms with E-state index in [1.165, 1.54) is 44.2 Å². The zero-order valence-electron chi connectivity index (χ0n) is 12.5. The minimum atomic E-state index is -0.517. The number of rotatable bonds is 10. The van der Waals surface area contributed by atoms with Gasteiger partial charge in [0.15, 0.2) is 0 Å². The van der Waals surface area contributed by atoms with Gasteiger partial charge in [-0.05, 0) is 12.5 Å². The summed E-state index contributed by atoms with van der Waals surface area (Å²) in [5, 5.41) is 13.1. The van der Waals surface area contributed by atoms with Crippen LogP contribution in [0.25, 0.3) is 0 Å². The minimum absolute atomic E-state index is 0.0833. The Hall–Kier alpha value is -1.98. The Kier molecular flexibility index (Phi) is 8.01. The number of nitro groups is 1. The van der Waals surface area contributed by atoms with E-state index in [2.05, 4.69) is 17.2 Å². The molecule has 1 N–H and O–H groups in total. The molecule has 0 saturated heterocycles. The van der Waals surface area contributed by atoms with Crippen LogP contribution in [0.4, 0.5) is 11.5 Å². The number of amides is 1. The van der Waals surface area contributed by atoms with Gasteiger partial charge in [0.25, 0.3) is 5.69 Å². The second-order valence-corrected chi connectivity index (χ2v) is 5.08. The summed E-state index contributed by atoms with van der Waals surface area (Å²) in [5.74, 6) is 0.262. The molecule has 1 heterocycles. The molecule has 0 bridgehead atoms. The summed E-state index contributed by atoms with van der Waals surface area (Å²) in [7, 11) is 0. The molecule has 0 aliphatic rings. The van der Waals surface area contributed by atoms with Crippen molar-refractivity contribution in [2.45, 2.75) is 58.3 Å². The van der Waals surface area contributed by atoms with E-state index in [-0.39, 0.29) is 11.6 Å². The Morgan fingerprint density at radius 2 is 1.86 bits per heavy atom. The maximum absolute atomic E-state index is 11.7. The van der Waals surface area contributed by atoms with Crippen molar-refractivity contribution < 1.29 is 9.72 Å². The minimum Gasteiger partial charge on any atom is -0.311 e. The first-order valence-corrected chi connectivity index (χ1v) is 7.53. The number of anilines is 1. The van der Waals surface area contributed by atoms with Gasteiger partial charge in [0, 0.05) is 12.5 Å². The van der Waals surface area contributed by atoms with Gasteiger partial charge in [-0.15, -0.1) is 0 Å². The number of carbonyl (C=O) groups is 1. The summed E-state index contributed by atoms with van der Waals surface area (Å²) in [4.78, 5) is 25.5. The van der Waals surface area contributed by atoms with Crippen LogP contribution >= 0.6 is 0 Å². The molecule has 0 aromatic carbocycles. The maximum Gasteiger partial charge on any atom is 0.287 e. The lowest BCUT2D eigenvalue weighted by molar-refractivity contribution is -0.385. The fourth-order valence-electron chi connectivity index (χ4n) is 2.02. The highest BCUT2D eigenvalue weighted by atomic mass is 16.6. The number of pyridine rings is 1. The van der Waals surface area contributed by atoms with Gasteiger partial charge >= 0.3 is 0 Å². The van der Waals surface area contributed by atoms with Crippen molar-refractivity contribution in [1.82, 2.24) is 4.98 Å². The summed E-state index contributed by atoms with van der Waals surface area (Å²) in [5.41, 5.74) is -0.0833. The largest absolute Gasteiger partial charge is 0.311 e. The molecule has 0 radical (unpaired) electrons. The predicted molar refractivity (Wildman–Crippen MR) is 82.1 cm³/mol. The highest BCUT2D eigenvalue weighted by Gasteiger charge is 2.07. The molecule has 0 atom stereocenters. The van der Waals surface area contributed by atoms with Gasteiger partial charge < -0.3 is 5.32 Å². The number of hydrogen-bond donors (Lipinski definition) is 1. The number of nitrogens with one attached hydrogen (secondary N) is 1. The average Bonchev–Trinajstić information content (AvgIpc) is 2.47. The van der Waals surface area contributed by atoms with Crippen molar-refractivity contribution in [2.75, 3.05) is 5.32 Å². The second-order valence-electron chi connectivity index (χ2n) is 5.08. The van der Waals surface area contributed by atoms with Crippen molar-refractivity contribution >= 4 is 17.4 Å². The first-order chi connectivity index (χ1) is 10.1. The monoisotopic (exact) mass is 293 g/mol. The van der Waals surface area contributed by atoms with E-state index < -0.39 is 4.92 Å². The number of carbonyl (C=O) groups excluding carboxylic acids is 1. The van der Waals surface area contributed by atoms with Gasteiger partial charge in [-0.25, -0.2) is 4.98 Å². The average molecular weight is 293 g/mol. The maximum atomic E-state index is 11.7.